The van der Waals surface area contributed by atoms with Crippen LogP contribution in [-0.2, 0) is 0 Å². The van der Waals surface area contributed by atoms with E-state index in [2.05, 4.69) is 0 Å². The number of urea groups is 1. The van der Waals surface area contributed by atoms with E-state index in [0.717, 1.165) is 30.3 Å². The van der Waals surface area contributed by atoms with E-state index in [4.69, 9.17) is 11.6 Å². The summed E-state index contributed by atoms with van der Waals surface area (Å²) < 4.78 is 40.9. The van der Waals surface area contributed by atoms with Crippen molar-refractivity contribution in [3.05, 3.63) is 63.9 Å². The second-order valence-electron chi connectivity index (χ2n) is 5.09. The largest absolute Gasteiger partial charge is 0.326 e. The first-order chi connectivity index (χ1) is 12.2. The van der Waals surface area contributed by atoms with Crippen LogP contribution in [0.2, 0.25) is 5.02 Å². The molecule has 0 aromatic heterocycles. The summed E-state index contributed by atoms with van der Waals surface area (Å²) in [5.74, 6) is -5.02. The summed E-state index contributed by atoms with van der Waals surface area (Å²) in [6.45, 7) is 1.57. The number of anilines is 1. The molecule has 2 aromatic carbocycles. The molecule has 0 unspecified atom stereocenters. The lowest BCUT2D eigenvalue weighted by atomic mass is 10.1. The van der Waals surface area contributed by atoms with Gasteiger partial charge in [0.1, 0.15) is 23.0 Å². The lowest BCUT2D eigenvalue weighted by Gasteiger charge is -2.11. The number of nitrogens with one attached hydrogen (secondary N) is 2. The molecule has 3 amide bonds. The number of hydrogen-bond acceptors (Lipinski definition) is 3. The van der Waals surface area contributed by atoms with Crippen LogP contribution in [0, 0.1) is 17.5 Å². The second-order valence-corrected chi connectivity index (χ2v) is 5.50. The van der Waals surface area contributed by atoms with Crippen LogP contribution >= 0.6 is 11.6 Å². The molecule has 0 heterocycles. The number of ketones is 1. The zero-order valence-electron chi connectivity index (χ0n) is 13.3. The van der Waals surface area contributed by atoms with Crippen molar-refractivity contribution in [2.75, 3.05) is 5.32 Å². The van der Waals surface area contributed by atoms with Crippen LogP contribution in [0.1, 0.15) is 34.1 Å². The molecule has 0 saturated heterocycles. The Balaban J connectivity index is 2.20. The highest BCUT2D eigenvalue weighted by atomic mass is 35.5. The standard InChI is InChI=1S/C17H12ClF3N2O3/c1-2-14(24)8-6-13(12(21)7-9(8)18)22-17(26)23-16(25)15-10(19)4-3-5-11(15)20/h3-7H,2H2,1H3,(H2,22,23,25,26). The van der Waals surface area contributed by atoms with E-state index >= 15 is 0 Å². The summed E-state index contributed by atoms with van der Waals surface area (Å²) in [7, 11) is 0. The van der Waals surface area contributed by atoms with Gasteiger partial charge in [-0.05, 0) is 24.3 Å². The minimum atomic E-state index is -1.35. The molecule has 0 atom stereocenters. The number of benzene rings is 2. The number of carbonyl (C=O) groups is 3. The molecule has 2 rings (SSSR count). The predicted molar refractivity (Wildman–Crippen MR) is 88.9 cm³/mol. The Labute approximate surface area is 151 Å². The van der Waals surface area contributed by atoms with Gasteiger partial charge in [0.25, 0.3) is 5.91 Å². The maximum Gasteiger partial charge on any atom is 0.326 e. The number of imide groups is 1. The molecule has 2 N–H and O–H groups in total. The van der Waals surface area contributed by atoms with Crippen molar-refractivity contribution in [2.45, 2.75) is 13.3 Å². The molecule has 9 heteroatoms. The number of carbonyl (C=O) groups excluding carboxylic acids is 3. The number of hydrogen-bond donors (Lipinski definition) is 2. The van der Waals surface area contributed by atoms with E-state index in [1.165, 1.54) is 0 Å². The average molecular weight is 385 g/mol. The van der Waals surface area contributed by atoms with E-state index in [1.54, 1.807) is 12.2 Å². The van der Waals surface area contributed by atoms with Crippen LogP contribution in [0.3, 0.4) is 0 Å². The van der Waals surface area contributed by atoms with Crippen molar-refractivity contribution in [1.29, 1.82) is 0 Å². The van der Waals surface area contributed by atoms with Gasteiger partial charge in [-0.3, -0.25) is 14.9 Å². The summed E-state index contributed by atoms with van der Waals surface area (Å²) in [6.07, 6.45) is 0.0992. The first-order valence-corrected chi connectivity index (χ1v) is 7.71. The van der Waals surface area contributed by atoms with Gasteiger partial charge in [0.2, 0.25) is 0 Å². The van der Waals surface area contributed by atoms with Gasteiger partial charge < -0.3 is 5.32 Å². The molecule has 5 nitrogen and oxygen atoms in total. The Morgan fingerprint density at radius 3 is 2.23 bits per heavy atom. The van der Waals surface area contributed by atoms with Crippen LogP contribution in [0.15, 0.2) is 30.3 Å². The van der Waals surface area contributed by atoms with Crippen molar-refractivity contribution < 1.29 is 27.6 Å². The molecule has 0 aliphatic heterocycles. The maximum absolute atomic E-state index is 13.9. The number of halogens is 4. The number of rotatable bonds is 4. The third kappa shape index (κ3) is 4.20. The average Bonchev–Trinajstić information content (AvgIpc) is 2.56. The van der Waals surface area contributed by atoms with Crippen molar-refractivity contribution in [2.24, 2.45) is 0 Å². The van der Waals surface area contributed by atoms with Gasteiger partial charge in [-0.1, -0.05) is 24.6 Å². The molecule has 0 bridgehead atoms. The van der Waals surface area contributed by atoms with Gasteiger partial charge in [-0.2, -0.15) is 0 Å². The van der Waals surface area contributed by atoms with Gasteiger partial charge in [0.05, 0.1) is 10.7 Å². The molecular weight excluding hydrogens is 373 g/mol. The van der Waals surface area contributed by atoms with Crippen LogP contribution in [0.5, 0.6) is 0 Å². The van der Waals surface area contributed by atoms with E-state index in [1.807, 2.05) is 5.32 Å². The van der Waals surface area contributed by atoms with Crippen molar-refractivity contribution in [3.63, 3.8) is 0 Å². The van der Waals surface area contributed by atoms with E-state index < -0.39 is 40.6 Å². The van der Waals surface area contributed by atoms with E-state index in [-0.39, 0.29) is 22.8 Å². The second kappa shape index (κ2) is 8.01. The minimum absolute atomic E-state index is 0.0164. The van der Waals surface area contributed by atoms with Gasteiger partial charge >= 0.3 is 6.03 Å². The number of amides is 3. The highest BCUT2D eigenvalue weighted by Crippen LogP contribution is 2.25. The normalized spacial score (nSPS) is 10.3. The molecule has 0 radical (unpaired) electrons. The molecule has 0 saturated carbocycles. The van der Waals surface area contributed by atoms with Gasteiger partial charge in [0.15, 0.2) is 5.78 Å². The zero-order valence-corrected chi connectivity index (χ0v) is 14.1. The first-order valence-electron chi connectivity index (χ1n) is 7.33. The highest BCUT2D eigenvalue weighted by Gasteiger charge is 2.20. The van der Waals surface area contributed by atoms with Gasteiger partial charge in [-0.25, -0.2) is 18.0 Å². The zero-order chi connectivity index (χ0) is 19.4. The number of Topliss-reactive ketones (excluding diaryl/α,β-unsaturated/α-hetero) is 1. The lowest BCUT2D eigenvalue weighted by Crippen LogP contribution is -2.35. The van der Waals surface area contributed by atoms with Crippen LogP contribution in [-0.4, -0.2) is 17.7 Å². The fraction of sp³-hybridized carbons (Fsp3) is 0.118. The molecular formula is C17H12ClF3N2O3. The summed E-state index contributed by atoms with van der Waals surface area (Å²) >= 11 is 5.78. The Morgan fingerprint density at radius 1 is 1.04 bits per heavy atom. The maximum atomic E-state index is 13.9. The Kier molecular flexibility index (Phi) is 5.99. The first kappa shape index (κ1) is 19.5. The smallest absolute Gasteiger partial charge is 0.305 e. The highest BCUT2D eigenvalue weighted by molar-refractivity contribution is 6.34. The third-order valence-corrected chi connectivity index (χ3v) is 3.66. The van der Waals surface area contributed by atoms with E-state index in [9.17, 15) is 27.6 Å². The van der Waals surface area contributed by atoms with Crippen LogP contribution in [0.25, 0.3) is 0 Å². The molecule has 136 valence electrons. The Bertz CT molecular complexity index is 883. The van der Waals surface area contributed by atoms with Crippen molar-refractivity contribution in [3.8, 4) is 0 Å². The summed E-state index contributed by atoms with van der Waals surface area (Å²) in [5, 5.41) is 3.54. The lowest BCUT2D eigenvalue weighted by molar-refractivity contribution is 0.0956. The Morgan fingerprint density at radius 2 is 1.65 bits per heavy atom. The SMILES string of the molecule is CCC(=O)c1cc(NC(=O)NC(=O)c2c(F)cccc2F)c(F)cc1Cl. The molecule has 0 aliphatic rings. The topological polar surface area (TPSA) is 75.3 Å². The fourth-order valence-electron chi connectivity index (χ4n) is 2.08. The van der Waals surface area contributed by atoms with Crippen LogP contribution in [0.4, 0.5) is 23.7 Å². The Hall–Kier alpha value is -2.87. The third-order valence-electron chi connectivity index (χ3n) is 3.34. The predicted octanol–water partition coefficient (Wildman–Crippen LogP) is 4.31. The van der Waals surface area contributed by atoms with Gasteiger partial charge in [-0.15, -0.1) is 0 Å². The molecule has 0 spiro atoms. The molecule has 26 heavy (non-hydrogen) atoms. The quantitative estimate of drug-likeness (QED) is 0.771. The molecule has 0 aliphatic carbocycles. The molecule has 0 fully saturated rings. The monoisotopic (exact) mass is 384 g/mol. The van der Waals surface area contributed by atoms with Crippen molar-refractivity contribution >= 4 is 35.0 Å². The fourth-order valence-corrected chi connectivity index (χ4v) is 2.34. The van der Waals surface area contributed by atoms with Crippen LogP contribution < -0.4 is 10.6 Å². The van der Waals surface area contributed by atoms with Gasteiger partial charge in [0, 0.05) is 12.0 Å². The molecule has 2 aromatic rings. The minimum Gasteiger partial charge on any atom is -0.305 e. The van der Waals surface area contributed by atoms with Crippen molar-refractivity contribution in [1.82, 2.24) is 5.32 Å². The summed E-state index contributed by atoms with van der Waals surface area (Å²) in [6, 6.07) is 3.34. The summed E-state index contributed by atoms with van der Waals surface area (Å²) in [4.78, 5) is 35.4. The van der Waals surface area contributed by atoms with E-state index in [0.29, 0.717) is 0 Å². The summed E-state index contributed by atoms with van der Waals surface area (Å²) in [5.41, 5.74) is -1.40.